The van der Waals surface area contributed by atoms with Crippen molar-refractivity contribution >= 4 is 31.4 Å². The molecule has 4 rings (SSSR count). The molecule has 0 fully saturated rings. The Bertz CT molecular complexity index is 1600. The molecule has 0 aliphatic heterocycles. The molecule has 1 atom stereocenters. The summed E-state index contributed by atoms with van der Waals surface area (Å²) in [7, 11) is -7.99. The zero-order valence-corrected chi connectivity index (χ0v) is 22.2. The summed E-state index contributed by atoms with van der Waals surface area (Å²) in [6.45, 7) is 7.69. The topological polar surface area (TPSA) is 83.6 Å². The molecule has 0 heterocycles. The van der Waals surface area contributed by atoms with Gasteiger partial charge >= 0.3 is 0 Å². The Hall–Kier alpha value is -3.88. The van der Waals surface area contributed by atoms with Gasteiger partial charge in [0.05, 0.1) is 27.2 Å². The minimum absolute atomic E-state index is 0.107. The lowest BCUT2D eigenvalue weighted by atomic mass is 10.0. The van der Waals surface area contributed by atoms with Crippen molar-refractivity contribution in [3.8, 4) is 0 Å². The fraction of sp³-hybridized carbons (Fsp3) is 0.103. The smallest absolute Gasteiger partial charge is 0.265 e. The number of sulfonamides is 2. The van der Waals surface area contributed by atoms with E-state index in [1.807, 2.05) is 13.8 Å². The molecule has 0 spiro atoms. The number of anilines is 2. The molecule has 0 radical (unpaired) electrons. The first-order chi connectivity index (χ1) is 17.6. The number of aryl methyl sites for hydroxylation is 2. The third kappa shape index (κ3) is 5.60. The predicted molar refractivity (Wildman–Crippen MR) is 149 cm³/mol. The number of nitrogens with zero attached hydrogens (tertiary/aromatic N) is 1. The Kier molecular flexibility index (Phi) is 7.52. The molecule has 0 aliphatic carbocycles. The van der Waals surface area contributed by atoms with E-state index in [1.54, 1.807) is 91.0 Å². The molecule has 0 amide bonds. The fourth-order valence-electron chi connectivity index (χ4n) is 3.97. The van der Waals surface area contributed by atoms with Crippen LogP contribution in [-0.4, -0.2) is 16.8 Å². The monoisotopic (exact) mass is 532 g/mol. The molecule has 37 heavy (non-hydrogen) atoms. The highest BCUT2D eigenvalue weighted by Crippen LogP contribution is 2.37. The van der Waals surface area contributed by atoms with Gasteiger partial charge in [0, 0.05) is 5.56 Å². The number of benzene rings is 4. The molecule has 1 N–H and O–H groups in total. The number of nitrogens with one attached hydrogen (secondary N) is 1. The molecule has 1 unspecified atom stereocenters. The van der Waals surface area contributed by atoms with Crippen molar-refractivity contribution in [1.82, 2.24) is 0 Å². The SMILES string of the molecule is C=CC(c1ccccc1NS(=O)(=O)c1ccc(C)cc1)N(c1ccccc1)S(=O)(=O)c1ccc(C)cc1. The summed E-state index contributed by atoms with van der Waals surface area (Å²) in [6, 6.07) is 27.6. The van der Waals surface area contributed by atoms with Crippen LogP contribution in [0.25, 0.3) is 0 Å². The van der Waals surface area contributed by atoms with E-state index in [0.717, 1.165) is 11.1 Å². The van der Waals surface area contributed by atoms with Crippen molar-refractivity contribution in [2.45, 2.75) is 29.7 Å². The molecule has 8 heteroatoms. The van der Waals surface area contributed by atoms with E-state index >= 15 is 0 Å². The van der Waals surface area contributed by atoms with E-state index in [2.05, 4.69) is 11.3 Å². The summed E-state index contributed by atoms with van der Waals surface area (Å²) in [4.78, 5) is 0.224. The summed E-state index contributed by atoms with van der Waals surface area (Å²) >= 11 is 0. The molecule has 0 aliphatic rings. The van der Waals surface area contributed by atoms with Crippen molar-refractivity contribution < 1.29 is 16.8 Å². The predicted octanol–water partition coefficient (Wildman–Crippen LogP) is 6.23. The van der Waals surface area contributed by atoms with Crippen molar-refractivity contribution in [3.05, 3.63) is 132 Å². The van der Waals surface area contributed by atoms with Gasteiger partial charge in [0.1, 0.15) is 0 Å². The molecular weight excluding hydrogens is 504 g/mol. The van der Waals surface area contributed by atoms with Crippen LogP contribution in [0.15, 0.2) is 126 Å². The second-order valence-corrected chi connectivity index (χ2v) is 12.1. The lowest BCUT2D eigenvalue weighted by Gasteiger charge is -2.32. The highest BCUT2D eigenvalue weighted by atomic mass is 32.2. The third-order valence-corrected chi connectivity index (χ3v) is 9.12. The van der Waals surface area contributed by atoms with Crippen LogP contribution >= 0.6 is 0 Å². The zero-order chi connectivity index (χ0) is 26.6. The summed E-state index contributed by atoms with van der Waals surface area (Å²) in [6.07, 6.45) is 1.50. The van der Waals surface area contributed by atoms with Gasteiger partial charge in [-0.1, -0.05) is 77.9 Å². The van der Waals surface area contributed by atoms with Crippen molar-refractivity contribution in [2.24, 2.45) is 0 Å². The maximum atomic E-state index is 14.0. The number of rotatable bonds is 9. The van der Waals surface area contributed by atoms with Crippen molar-refractivity contribution in [3.63, 3.8) is 0 Å². The van der Waals surface area contributed by atoms with E-state index in [9.17, 15) is 16.8 Å². The molecule has 4 aromatic rings. The van der Waals surface area contributed by atoms with Gasteiger partial charge in [-0.25, -0.2) is 16.8 Å². The summed E-state index contributed by atoms with van der Waals surface area (Å²) in [5.41, 5.74) is 2.98. The number of hydrogen-bond donors (Lipinski definition) is 1. The van der Waals surface area contributed by atoms with E-state index < -0.39 is 26.1 Å². The van der Waals surface area contributed by atoms with Crippen LogP contribution in [0.2, 0.25) is 0 Å². The fourth-order valence-corrected chi connectivity index (χ4v) is 6.66. The maximum Gasteiger partial charge on any atom is 0.265 e. The lowest BCUT2D eigenvalue weighted by molar-refractivity contribution is 0.587. The number of para-hydroxylation sites is 2. The largest absolute Gasteiger partial charge is 0.279 e. The second-order valence-electron chi connectivity index (χ2n) is 8.64. The van der Waals surface area contributed by atoms with Gasteiger partial charge in [0.25, 0.3) is 20.0 Å². The van der Waals surface area contributed by atoms with E-state index in [1.165, 1.54) is 22.5 Å². The minimum Gasteiger partial charge on any atom is -0.279 e. The first-order valence-corrected chi connectivity index (χ1v) is 14.5. The van der Waals surface area contributed by atoms with Gasteiger partial charge < -0.3 is 0 Å². The van der Waals surface area contributed by atoms with Crippen LogP contribution in [0.1, 0.15) is 22.7 Å². The molecular formula is C29H28N2O4S2. The molecule has 4 aromatic carbocycles. The maximum absolute atomic E-state index is 14.0. The summed E-state index contributed by atoms with van der Waals surface area (Å²) in [5.74, 6) is 0. The molecule has 0 saturated heterocycles. The highest BCUT2D eigenvalue weighted by molar-refractivity contribution is 7.93. The lowest BCUT2D eigenvalue weighted by Crippen LogP contribution is -2.34. The van der Waals surface area contributed by atoms with Gasteiger partial charge in [-0.05, 0) is 56.3 Å². The number of hydrogen-bond acceptors (Lipinski definition) is 4. The van der Waals surface area contributed by atoms with Crippen LogP contribution in [0.3, 0.4) is 0 Å². The summed E-state index contributed by atoms with van der Waals surface area (Å²) in [5, 5.41) is 0. The van der Waals surface area contributed by atoms with Gasteiger partial charge in [0.2, 0.25) is 0 Å². The van der Waals surface area contributed by atoms with Crippen LogP contribution in [0, 0.1) is 13.8 Å². The first kappa shape index (κ1) is 26.2. The third-order valence-electron chi connectivity index (χ3n) is 5.92. The van der Waals surface area contributed by atoms with E-state index in [0.29, 0.717) is 11.3 Å². The van der Waals surface area contributed by atoms with Gasteiger partial charge in [-0.15, -0.1) is 6.58 Å². The Morgan fingerprint density at radius 1 is 0.703 bits per heavy atom. The van der Waals surface area contributed by atoms with Gasteiger partial charge in [-0.3, -0.25) is 9.03 Å². The highest BCUT2D eigenvalue weighted by Gasteiger charge is 2.33. The van der Waals surface area contributed by atoms with Crippen LogP contribution < -0.4 is 9.03 Å². The Morgan fingerprint density at radius 3 is 1.78 bits per heavy atom. The normalized spacial score (nSPS) is 12.5. The first-order valence-electron chi connectivity index (χ1n) is 11.6. The Morgan fingerprint density at radius 2 is 1.22 bits per heavy atom. The molecule has 0 bridgehead atoms. The van der Waals surface area contributed by atoms with Crippen molar-refractivity contribution in [1.29, 1.82) is 0 Å². The van der Waals surface area contributed by atoms with Crippen LogP contribution in [0.5, 0.6) is 0 Å². The summed E-state index contributed by atoms with van der Waals surface area (Å²) < 4.78 is 58.3. The molecule has 190 valence electrons. The zero-order valence-electron chi connectivity index (χ0n) is 20.6. The second kappa shape index (κ2) is 10.6. The molecule has 6 nitrogen and oxygen atoms in total. The average Bonchev–Trinajstić information content (AvgIpc) is 2.88. The Balaban J connectivity index is 1.84. The van der Waals surface area contributed by atoms with Gasteiger partial charge in [0.15, 0.2) is 0 Å². The van der Waals surface area contributed by atoms with Crippen LogP contribution in [-0.2, 0) is 20.0 Å². The molecule has 0 saturated carbocycles. The minimum atomic E-state index is -4.06. The average molecular weight is 533 g/mol. The van der Waals surface area contributed by atoms with Gasteiger partial charge in [-0.2, -0.15) is 0 Å². The van der Waals surface area contributed by atoms with Crippen molar-refractivity contribution in [2.75, 3.05) is 9.03 Å². The molecule has 0 aromatic heterocycles. The quantitative estimate of drug-likeness (QED) is 0.259. The standard InChI is InChI=1S/C29H28N2O4S2/c1-4-29(27-12-8-9-13-28(27)30-36(32,33)25-18-14-22(2)15-19-25)31(24-10-6-5-7-11-24)37(34,35)26-20-16-23(3)17-21-26/h4-21,29-30H,1H2,2-3H3. The van der Waals surface area contributed by atoms with E-state index in [-0.39, 0.29) is 15.5 Å². The Labute approximate surface area is 219 Å². The van der Waals surface area contributed by atoms with E-state index in [4.69, 9.17) is 0 Å². The van der Waals surface area contributed by atoms with Crippen LogP contribution in [0.4, 0.5) is 11.4 Å².